The van der Waals surface area contributed by atoms with Crippen LogP contribution in [0.4, 0.5) is 23.2 Å². The van der Waals surface area contributed by atoms with E-state index >= 15 is 0 Å². The molecule has 0 aliphatic carbocycles. The first-order valence-corrected chi connectivity index (χ1v) is 6.49. The molecule has 2 aromatic rings. The highest BCUT2D eigenvalue weighted by Gasteiger charge is 2.34. The number of hydrogen-bond acceptors (Lipinski definition) is 4. The Bertz CT molecular complexity index is 702. The molecular formula is C15H14F4N2O2. The zero-order valence-corrected chi connectivity index (χ0v) is 12.1. The van der Waals surface area contributed by atoms with Gasteiger partial charge in [0.15, 0.2) is 11.6 Å². The number of anilines is 1. The minimum atomic E-state index is -4.60. The molecule has 0 aliphatic rings. The van der Waals surface area contributed by atoms with E-state index in [9.17, 15) is 17.6 Å². The number of phenols is 1. The minimum absolute atomic E-state index is 0.110. The van der Waals surface area contributed by atoms with Crippen LogP contribution < -0.4 is 15.6 Å². The van der Waals surface area contributed by atoms with Crippen LogP contribution >= 0.6 is 0 Å². The third-order valence-corrected chi connectivity index (χ3v) is 3.12. The van der Waals surface area contributed by atoms with Crippen LogP contribution in [0.25, 0.3) is 0 Å². The highest BCUT2D eigenvalue weighted by molar-refractivity contribution is 5.56. The maximum atomic E-state index is 13.6. The summed E-state index contributed by atoms with van der Waals surface area (Å²) in [6.07, 6.45) is -4.60. The van der Waals surface area contributed by atoms with Crippen molar-refractivity contribution >= 4 is 5.69 Å². The van der Waals surface area contributed by atoms with Gasteiger partial charge in [-0.1, -0.05) is 6.07 Å². The predicted molar refractivity (Wildman–Crippen MR) is 76.4 cm³/mol. The predicted octanol–water partition coefficient (Wildman–Crippen LogP) is 3.44. The van der Waals surface area contributed by atoms with E-state index in [0.717, 1.165) is 23.2 Å². The van der Waals surface area contributed by atoms with Gasteiger partial charge in [-0.05, 0) is 24.3 Å². The van der Waals surface area contributed by atoms with Gasteiger partial charge in [-0.25, -0.2) is 10.2 Å². The van der Waals surface area contributed by atoms with Crippen molar-refractivity contribution in [2.24, 2.45) is 5.84 Å². The molecule has 0 spiro atoms. The van der Waals surface area contributed by atoms with Crippen LogP contribution in [0.2, 0.25) is 0 Å². The van der Waals surface area contributed by atoms with Gasteiger partial charge in [-0.15, -0.1) is 0 Å². The van der Waals surface area contributed by atoms with Crippen LogP contribution in [0, 0.1) is 5.82 Å². The first-order valence-electron chi connectivity index (χ1n) is 6.49. The highest BCUT2D eigenvalue weighted by Crippen LogP contribution is 2.36. The number of hydrazine groups is 1. The van der Waals surface area contributed by atoms with Crippen molar-refractivity contribution in [3.05, 3.63) is 53.3 Å². The molecule has 2 rings (SSSR count). The second kappa shape index (κ2) is 6.33. The standard InChI is InChI=1S/C15H14F4N2O2/c1-21(20)13-4-2-3-11(15(17,18)19)10(13)8-23-14-6-5-9(22)7-12(14)16/h2-7,22H,8,20H2,1H3. The van der Waals surface area contributed by atoms with Crippen LogP contribution in [-0.2, 0) is 12.8 Å². The fourth-order valence-corrected chi connectivity index (χ4v) is 2.08. The molecule has 0 aliphatic heterocycles. The van der Waals surface area contributed by atoms with E-state index in [1.165, 1.54) is 25.2 Å². The molecule has 0 saturated heterocycles. The molecule has 0 amide bonds. The molecule has 3 N–H and O–H groups in total. The number of aromatic hydroxyl groups is 1. The van der Waals surface area contributed by atoms with Crippen molar-refractivity contribution in [2.45, 2.75) is 12.8 Å². The summed E-state index contributed by atoms with van der Waals surface area (Å²) in [7, 11) is 1.39. The van der Waals surface area contributed by atoms with E-state index in [-0.39, 0.29) is 22.7 Å². The van der Waals surface area contributed by atoms with Gasteiger partial charge in [0.2, 0.25) is 0 Å². The Labute approximate surface area is 129 Å². The van der Waals surface area contributed by atoms with E-state index in [0.29, 0.717) is 0 Å². The lowest BCUT2D eigenvalue weighted by molar-refractivity contribution is -0.138. The summed E-state index contributed by atoms with van der Waals surface area (Å²) >= 11 is 0. The van der Waals surface area contributed by atoms with E-state index in [4.69, 9.17) is 15.7 Å². The van der Waals surface area contributed by atoms with Crippen molar-refractivity contribution in [1.29, 1.82) is 0 Å². The number of benzene rings is 2. The molecule has 23 heavy (non-hydrogen) atoms. The third kappa shape index (κ3) is 3.84. The molecule has 0 heterocycles. The Kier molecular flexibility index (Phi) is 4.65. The Morgan fingerprint density at radius 1 is 1.22 bits per heavy atom. The van der Waals surface area contributed by atoms with Crippen LogP contribution in [-0.4, -0.2) is 12.2 Å². The largest absolute Gasteiger partial charge is 0.508 e. The Morgan fingerprint density at radius 2 is 1.91 bits per heavy atom. The third-order valence-electron chi connectivity index (χ3n) is 3.12. The number of nitrogens with zero attached hydrogens (tertiary/aromatic N) is 1. The summed E-state index contributed by atoms with van der Waals surface area (Å²) in [5, 5.41) is 10.2. The Morgan fingerprint density at radius 3 is 2.48 bits per heavy atom. The van der Waals surface area contributed by atoms with E-state index in [1.54, 1.807) is 0 Å². The molecule has 124 valence electrons. The lowest BCUT2D eigenvalue weighted by Gasteiger charge is -2.21. The van der Waals surface area contributed by atoms with Crippen molar-refractivity contribution in [2.75, 3.05) is 12.1 Å². The van der Waals surface area contributed by atoms with Gasteiger partial charge in [0.05, 0.1) is 11.3 Å². The van der Waals surface area contributed by atoms with Crippen molar-refractivity contribution in [1.82, 2.24) is 0 Å². The topological polar surface area (TPSA) is 58.7 Å². The molecule has 0 unspecified atom stereocenters. The average Bonchev–Trinajstić information content (AvgIpc) is 2.45. The molecule has 0 radical (unpaired) electrons. The normalized spacial score (nSPS) is 11.4. The maximum absolute atomic E-state index is 13.6. The molecule has 8 heteroatoms. The molecule has 0 atom stereocenters. The zero-order chi connectivity index (χ0) is 17.2. The number of phenolic OH excluding ortho intramolecular Hbond substituents is 1. The Hall–Kier alpha value is -2.48. The van der Waals surface area contributed by atoms with Gasteiger partial charge in [-0.3, -0.25) is 0 Å². The smallest absolute Gasteiger partial charge is 0.416 e. The molecule has 0 bridgehead atoms. The summed E-state index contributed by atoms with van der Waals surface area (Å²) in [4.78, 5) is 0. The zero-order valence-electron chi connectivity index (χ0n) is 12.1. The van der Waals surface area contributed by atoms with Crippen LogP contribution in [0.1, 0.15) is 11.1 Å². The quantitative estimate of drug-likeness (QED) is 0.512. The maximum Gasteiger partial charge on any atom is 0.416 e. The summed E-state index contributed by atoms with van der Waals surface area (Å²) < 4.78 is 58.1. The number of alkyl halides is 3. The molecule has 0 aromatic heterocycles. The van der Waals surface area contributed by atoms with Gasteiger partial charge in [0, 0.05) is 18.7 Å². The second-order valence-electron chi connectivity index (χ2n) is 4.82. The molecule has 0 saturated carbocycles. The fraction of sp³-hybridized carbons (Fsp3) is 0.200. The van der Waals surface area contributed by atoms with Crippen LogP contribution in [0.15, 0.2) is 36.4 Å². The number of hydrogen-bond donors (Lipinski definition) is 2. The Balaban J connectivity index is 2.37. The van der Waals surface area contributed by atoms with Crippen molar-refractivity contribution < 1.29 is 27.4 Å². The van der Waals surface area contributed by atoms with E-state index < -0.39 is 24.2 Å². The number of rotatable bonds is 4. The lowest BCUT2D eigenvalue weighted by Crippen LogP contribution is -2.27. The van der Waals surface area contributed by atoms with E-state index in [2.05, 4.69) is 0 Å². The summed E-state index contributed by atoms with van der Waals surface area (Å²) in [5.74, 6) is 4.09. The van der Waals surface area contributed by atoms with Crippen LogP contribution in [0.3, 0.4) is 0 Å². The van der Waals surface area contributed by atoms with Gasteiger partial charge in [0.1, 0.15) is 12.4 Å². The summed E-state index contributed by atoms with van der Waals surface area (Å²) in [6, 6.07) is 6.64. The second-order valence-corrected chi connectivity index (χ2v) is 4.82. The van der Waals surface area contributed by atoms with Crippen LogP contribution in [0.5, 0.6) is 11.5 Å². The first kappa shape index (κ1) is 16.9. The molecule has 0 fully saturated rings. The molecule has 2 aromatic carbocycles. The molecular weight excluding hydrogens is 316 g/mol. The van der Waals surface area contributed by atoms with E-state index in [1.807, 2.05) is 0 Å². The van der Waals surface area contributed by atoms with Crippen molar-refractivity contribution in [3.8, 4) is 11.5 Å². The van der Waals surface area contributed by atoms with Gasteiger partial charge in [0.25, 0.3) is 0 Å². The summed E-state index contributed by atoms with van der Waals surface area (Å²) in [6.45, 7) is -0.533. The highest BCUT2D eigenvalue weighted by atomic mass is 19.4. The number of halogens is 4. The molecule has 4 nitrogen and oxygen atoms in total. The number of nitrogens with two attached hydrogens (primary N) is 1. The SMILES string of the molecule is CN(N)c1cccc(C(F)(F)F)c1COc1ccc(O)cc1F. The monoisotopic (exact) mass is 330 g/mol. The average molecular weight is 330 g/mol. The summed E-state index contributed by atoms with van der Waals surface area (Å²) in [5.41, 5.74) is -1.01. The minimum Gasteiger partial charge on any atom is -0.508 e. The van der Waals surface area contributed by atoms with Gasteiger partial charge >= 0.3 is 6.18 Å². The fourth-order valence-electron chi connectivity index (χ4n) is 2.08. The van der Waals surface area contributed by atoms with Gasteiger partial charge in [-0.2, -0.15) is 13.2 Å². The number of ether oxygens (including phenoxy) is 1. The first-order chi connectivity index (χ1) is 10.7. The van der Waals surface area contributed by atoms with Gasteiger partial charge < -0.3 is 14.9 Å². The van der Waals surface area contributed by atoms with Crippen molar-refractivity contribution in [3.63, 3.8) is 0 Å². The lowest BCUT2D eigenvalue weighted by atomic mass is 10.1.